The molecule has 0 saturated heterocycles. The Hall–Kier alpha value is 0.680. The fourth-order valence-corrected chi connectivity index (χ4v) is 5.42. The van der Waals surface area contributed by atoms with Gasteiger partial charge in [0.2, 0.25) is 0 Å². The van der Waals surface area contributed by atoms with Gasteiger partial charge in [0.15, 0.2) is 0 Å². The number of phosphoric ester groups is 1. The number of hydrogen-bond acceptors (Lipinski definition) is 5. The highest BCUT2D eigenvalue weighted by Gasteiger charge is 2.32. The molecule has 0 bridgehead atoms. The molecule has 0 aliphatic heterocycles. The summed E-state index contributed by atoms with van der Waals surface area (Å²) in [4.78, 5) is 9.64. The Kier molecular flexibility index (Phi) is 9.17. The van der Waals surface area contributed by atoms with E-state index in [4.69, 9.17) is 25.2 Å². The molecule has 0 heterocycles. The molecule has 9 heteroatoms. The minimum absolute atomic E-state index is 0.123. The molecule has 0 spiro atoms. The minimum atomic E-state index is -4.20. The van der Waals surface area contributed by atoms with Gasteiger partial charge in [-0.25, -0.2) is 14.0 Å². The van der Waals surface area contributed by atoms with Crippen molar-refractivity contribution in [3.05, 3.63) is 0 Å². The summed E-state index contributed by atoms with van der Waals surface area (Å²) in [5.41, 5.74) is 0. The normalized spacial score (nSPS) is 18.5. The van der Waals surface area contributed by atoms with E-state index in [9.17, 15) is 9.46 Å². The van der Waals surface area contributed by atoms with Crippen molar-refractivity contribution < 1.29 is 22.8 Å². The van der Waals surface area contributed by atoms with Gasteiger partial charge in [-0.05, 0) is 23.6 Å². The average molecular weight is 333 g/mol. The summed E-state index contributed by atoms with van der Waals surface area (Å²) in [5, 5.41) is 2.83. The molecule has 0 saturated carbocycles. The molecule has 0 aromatic carbocycles. The predicted octanol–water partition coefficient (Wildman–Crippen LogP) is 3.28. The maximum absolute atomic E-state index is 11.8. The van der Waals surface area contributed by atoms with Gasteiger partial charge in [0.25, 0.3) is 6.64 Å². The Morgan fingerprint density at radius 2 is 1.63 bits per heavy atom. The van der Waals surface area contributed by atoms with E-state index in [-0.39, 0.29) is 18.4 Å². The zero-order valence-electron chi connectivity index (χ0n) is 12.2. The van der Waals surface area contributed by atoms with E-state index in [2.05, 4.69) is 5.09 Å². The van der Waals surface area contributed by atoms with Gasteiger partial charge in [-0.3, -0.25) is 4.52 Å². The van der Waals surface area contributed by atoms with Crippen LogP contribution in [-0.2, 0) is 29.7 Å². The fourth-order valence-electron chi connectivity index (χ4n) is 0.942. The minimum Gasteiger partial charge on any atom is -0.317 e. The molecule has 2 unspecified atom stereocenters. The first-order valence-corrected chi connectivity index (χ1v) is 10.4. The molecule has 116 valence electrons. The van der Waals surface area contributed by atoms with Gasteiger partial charge in [0, 0.05) is 6.54 Å². The molecule has 0 aromatic heterocycles. The summed E-state index contributed by atoms with van der Waals surface area (Å²) in [6.45, 7) is 7.43. The third-order valence-corrected chi connectivity index (χ3v) is 6.37. The van der Waals surface area contributed by atoms with Crippen molar-refractivity contribution in [1.82, 2.24) is 5.09 Å². The van der Waals surface area contributed by atoms with E-state index in [1.165, 1.54) is 0 Å². The monoisotopic (exact) mass is 333 g/mol. The van der Waals surface area contributed by atoms with E-state index in [1.807, 2.05) is 34.6 Å². The molecule has 0 radical (unpaired) electrons. The van der Waals surface area contributed by atoms with Crippen LogP contribution in [0.5, 0.6) is 0 Å². The largest absolute Gasteiger partial charge is 0.478 e. The highest BCUT2D eigenvalue weighted by molar-refractivity contribution is 8.10. The summed E-state index contributed by atoms with van der Waals surface area (Å²) in [5.74, 6) is 0.372. The smallest absolute Gasteiger partial charge is 0.317 e. The third-order valence-electron chi connectivity index (χ3n) is 1.71. The van der Waals surface area contributed by atoms with Gasteiger partial charge < -0.3 is 9.42 Å². The van der Waals surface area contributed by atoms with Crippen molar-refractivity contribution in [3.8, 4) is 0 Å². The lowest BCUT2D eigenvalue weighted by Crippen LogP contribution is -2.16. The summed E-state index contributed by atoms with van der Waals surface area (Å²) in [6.07, 6.45) is 0. The molecule has 0 amide bonds. The summed E-state index contributed by atoms with van der Waals surface area (Å²) in [7, 11) is -4.20. The van der Waals surface area contributed by atoms with Crippen LogP contribution in [0.1, 0.15) is 34.6 Å². The van der Waals surface area contributed by atoms with Crippen molar-refractivity contribution in [1.29, 1.82) is 0 Å². The first-order chi connectivity index (χ1) is 8.60. The first kappa shape index (κ1) is 19.7. The Balaban J connectivity index is 4.62. The fraction of sp³-hybridized carbons (Fsp3) is 1.00. The molecule has 0 aliphatic rings. The molecule has 0 rings (SSSR count). The van der Waals surface area contributed by atoms with Crippen LogP contribution in [0.25, 0.3) is 0 Å². The van der Waals surface area contributed by atoms with Crippen molar-refractivity contribution in [3.63, 3.8) is 0 Å². The second kappa shape index (κ2) is 8.85. The summed E-state index contributed by atoms with van der Waals surface area (Å²) in [6, 6.07) is 0. The average Bonchev–Trinajstić information content (AvgIpc) is 2.24. The summed E-state index contributed by atoms with van der Waals surface area (Å²) < 4.78 is 27.2. The first-order valence-electron chi connectivity index (χ1n) is 6.28. The van der Waals surface area contributed by atoms with Gasteiger partial charge in [-0.15, -0.1) is 0 Å². The molecular weight excluding hydrogens is 308 g/mol. The SMILES string of the molecule is CCNP(=S)(OCC(C)C)OP(=O)(O)OCC(C)C. The third kappa shape index (κ3) is 10.1. The lowest BCUT2D eigenvalue weighted by molar-refractivity contribution is 0.173. The molecular formula is C10H25NO5P2S. The van der Waals surface area contributed by atoms with Gasteiger partial charge >= 0.3 is 7.82 Å². The van der Waals surface area contributed by atoms with Crippen LogP contribution in [0.2, 0.25) is 0 Å². The lowest BCUT2D eigenvalue weighted by Gasteiger charge is -2.25. The van der Waals surface area contributed by atoms with Crippen molar-refractivity contribution >= 4 is 26.3 Å². The van der Waals surface area contributed by atoms with Crippen molar-refractivity contribution in [2.45, 2.75) is 34.6 Å². The predicted molar refractivity (Wildman–Crippen MR) is 80.5 cm³/mol. The Bertz CT molecular complexity index is 351. The van der Waals surface area contributed by atoms with Crippen LogP contribution in [-0.4, -0.2) is 24.7 Å². The van der Waals surface area contributed by atoms with Gasteiger partial charge in [0.1, 0.15) is 0 Å². The highest BCUT2D eigenvalue weighted by atomic mass is 32.5. The van der Waals surface area contributed by atoms with Gasteiger partial charge in [0.05, 0.1) is 13.2 Å². The lowest BCUT2D eigenvalue weighted by atomic mass is 10.2. The Morgan fingerprint density at radius 3 is 2.05 bits per heavy atom. The van der Waals surface area contributed by atoms with Crippen LogP contribution in [0.3, 0.4) is 0 Å². The van der Waals surface area contributed by atoms with Crippen LogP contribution in [0.15, 0.2) is 0 Å². The molecule has 6 nitrogen and oxygen atoms in total. The van der Waals surface area contributed by atoms with Gasteiger partial charge in [-0.1, -0.05) is 34.6 Å². The van der Waals surface area contributed by atoms with E-state index in [0.29, 0.717) is 13.2 Å². The van der Waals surface area contributed by atoms with Crippen molar-refractivity contribution in [2.75, 3.05) is 19.8 Å². The molecule has 19 heavy (non-hydrogen) atoms. The maximum Gasteiger partial charge on any atom is 0.478 e. The molecule has 0 aliphatic carbocycles. The zero-order chi connectivity index (χ0) is 15.1. The molecule has 2 atom stereocenters. The van der Waals surface area contributed by atoms with E-state index < -0.39 is 14.5 Å². The van der Waals surface area contributed by atoms with E-state index >= 15 is 0 Å². The molecule has 2 N–H and O–H groups in total. The number of rotatable bonds is 10. The maximum atomic E-state index is 11.8. The standard InChI is InChI=1S/C10H25NO5P2S/c1-6-11-17(19,14-7-9(2)3)16-18(12,13)15-8-10(4)5/h9-10H,6-8H2,1-5H3,(H,11,19)(H,12,13). The second-order valence-electron chi connectivity index (χ2n) is 4.94. The quantitative estimate of drug-likeness (QED) is 0.594. The summed E-state index contributed by atoms with van der Waals surface area (Å²) >= 11 is 5.19. The molecule has 0 aromatic rings. The number of nitrogens with one attached hydrogen (secondary N) is 1. The number of hydrogen-bond donors (Lipinski definition) is 2. The number of phosphoric acid groups is 1. The second-order valence-corrected chi connectivity index (χ2v) is 9.80. The highest BCUT2D eigenvalue weighted by Crippen LogP contribution is 2.60. The van der Waals surface area contributed by atoms with Crippen LogP contribution in [0.4, 0.5) is 0 Å². The van der Waals surface area contributed by atoms with Crippen LogP contribution < -0.4 is 5.09 Å². The topological polar surface area (TPSA) is 77.0 Å². The Morgan fingerprint density at radius 1 is 1.16 bits per heavy atom. The van der Waals surface area contributed by atoms with Gasteiger partial charge in [-0.2, -0.15) is 0 Å². The van der Waals surface area contributed by atoms with Crippen LogP contribution >= 0.6 is 14.5 Å². The Labute approximate surface area is 121 Å². The molecule has 0 fully saturated rings. The zero-order valence-corrected chi connectivity index (χ0v) is 14.8. The van der Waals surface area contributed by atoms with E-state index in [1.54, 1.807) is 0 Å². The van der Waals surface area contributed by atoms with Crippen LogP contribution in [0, 0.1) is 11.8 Å². The van der Waals surface area contributed by atoms with Crippen molar-refractivity contribution in [2.24, 2.45) is 11.8 Å². The van der Waals surface area contributed by atoms with E-state index in [0.717, 1.165) is 0 Å².